The van der Waals surface area contributed by atoms with Crippen molar-refractivity contribution in [3.8, 4) is 5.75 Å². The molecule has 0 atom stereocenters. The van der Waals surface area contributed by atoms with Gasteiger partial charge in [-0.05, 0) is 32.0 Å². The first kappa shape index (κ1) is 15.4. The number of benzene rings is 1. The van der Waals surface area contributed by atoms with Crippen molar-refractivity contribution in [2.24, 2.45) is 0 Å². The molecule has 0 unspecified atom stereocenters. The number of phenolic OH excluding ortho intramolecular Hbond substituents is 1. The molecule has 0 spiro atoms. The summed E-state index contributed by atoms with van der Waals surface area (Å²) in [6.45, 7) is 4.65. The molecule has 0 saturated carbocycles. The van der Waals surface area contributed by atoms with Crippen LogP contribution < -0.4 is 5.32 Å². The highest BCUT2D eigenvalue weighted by Gasteiger charge is 2.15. The van der Waals surface area contributed by atoms with Gasteiger partial charge in [0.15, 0.2) is 6.29 Å². The van der Waals surface area contributed by atoms with E-state index in [1.54, 1.807) is 0 Å². The summed E-state index contributed by atoms with van der Waals surface area (Å²) in [5.41, 5.74) is -0.119. The molecule has 0 fully saturated rings. The number of hydrogen-bond acceptors (Lipinski definition) is 4. The third kappa shape index (κ3) is 4.84. The topological polar surface area (TPSA) is 67.8 Å². The van der Waals surface area contributed by atoms with Gasteiger partial charge in [-0.15, -0.1) is 0 Å². The van der Waals surface area contributed by atoms with E-state index in [4.69, 9.17) is 9.47 Å². The van der Waals surface area contributed by atoms with E-state index in [1.807, 2.05) is 13.8 Å². The second-order valence-corrected chi connectivity index (χ2v) is 3.71. The molecule has 0 heterocycles. The molecule has 0 aliphatic carbocycles. The second kappa shape index (κ2) is 7.70. The van der Waals surface area contributed by atoms with Crippen LogP contribution in [0.15, 0.2) is 18.2 Å². The summed E-state index contributed by atoms with van der Waals surface area (Å²) in [5.74, 6) is -1.45. The molecule has 0 saturated heterocycles. The van der Waals surface area contributed by atoms with E-state index < -0.39 is 18.0 Å². The summed E-state index contributed by atoms with van der Waals surface area (Å²) >= 11 is 0. The minimum absolute atomic E-state index is 0.119. The number of aromatic hydroxyl groups is 1. The first-order valence-corrected chi connectivity index (χ1v) is 6.08. The van der Waals surface area contributed by atoms with Gasteiger partial charge in [0.2, 0.25) is 0 Å². The highest BCUT2D eigenvalue weighted by atomic mass is 19.1. The van der Waals surface area contributed by atoms with Crippen molar-refractivity contribution in [1.82, 2.24) is 5.32 Å². The first-order valence-electron chi connectivity index (χ1n) is 6.08. The average molecular weight is 271 g/mol. The molecule has 106 valence electrons. The van der Waals surface area contributed by atoms with Crippen LogP contribution in [0.5, 0.6) is 5.75 Å². The van der Waals surface area contributed by atoms with Gasteiger partial charge in [0.1, 0.15) is 11.6 Å². The van der Waals surface area contributed by atoms with Gasteiger partial charge in [0, 0.05) is 13.2 Å². The first-order chi connectivity index (χ1) is 9.08. The largest absolute Gasteiger partial charge is 0.507 e. The Kier molecular flexibility index (Phi) is 6.24. The molecule has 6 heteroatoms. The maximum absolute atomic E-state index is 13.0. The predicted octanol–water partition coefficient (Wildman–Crippen LogP) is 1.66. The molecule has 19 heavy (non-hydrogen) atoms. The molecule has 0 aliphatic heterocycles. The van der Waals surface area contributed by atoms with Crippen molar-refractivity contribution < 1.29 is 23.8 Å². The van der Waals surface area contributed by atoms with Crippen LogP contribution >= 0.6 is 0 Å². The normalized spacial score (nSPS) is 10.7. The molecule has 0 radical (unpaired) electrons. The molecule has 1 amide bonds. The van der Waals surface area contributed by atoms with Crippen molar-refractivity contribution in [3.05, 3.63) is 29.6 Å². The van der Waals surface area contributed by atoms with E-state index in [-0.39, 0.29) is 17.9 Å². The minimum atomic E-state index is -0.589. The van der Waals surface area contributed by atoms with Crippen molar-refractivity contribution in [1.29, 1.82) is 0 Å². The van der Waals surface area contributed by atoms with Crippen LogP contribution in [-0.2, 0) is 9.47 Å². The Balaban J connectivity index is 2.61. The average Bonchev–Trinajstić information content (AvgIpc) is 2.39. The third-order valence-corrected chi connectivity index (χ3v) is 2.34. The Hall–Kier alpha value is -1.66. The number of phenols is 1. The quantitative estimate of drug-likeness (QED) is 0.740. The van der Waals surface area contributed by atoms with E-state index >= 15 is 0 Å². The van der Waals surface area contributed by atoms with Crippen molar-refractivity contribution >= 4 is 5.91 Å². The lowest BCUT2D eigenvalue weighted by molar-refractivity contribution is -0.131. The molecule has 0 aromatic heterocycles. The van der Waals surface area contributed by atoms with E-state index in [9.17, 15) is 14.3 Å². The molecule has 1 aromatic rings. The Labute approximate surface area is 111 Å². The van der Waals surface area contributed by atoms with Crippen LogP contribution in [0.4, 0.5) is 4.39 Å². The Morgan fingerprint density at radius 2 is 2.00 bits per heavy atom. The minimum Gasteiger partial charge on any atom is -0.507 e. The third-order valence-electron chi connectivity index (χ3n) is 2.34. The Morgan fingerprint density at radius 1 is 1.37 bits per heavy atom. The standard InChI is InChI=1S/C13H18FNO4/c1-3-18-12(19-4-2)8-15-13(17)10-7-9(14)5-6-11(10)16/h5-7,12,16H,3-4,8H2,1-2H3,(H,15,17). The molecule has 2 N–H and O–H groups in total. The monoisotopic (exact) mass is 271 g/mol. The molecule has 1 aromatic carbocycles. The van der Waals surface area contributed by atoms with Crippen molar-refractivity contribution in [3.63, 3.8) is 0 Å². The number of rotatable bonds is 7. The van der Waals surface area contributed by atoms with E-state index in [0.717, 1.165) is 18.2 Å². The van der Waals surface area contributed by atoms with Crippen molar-refractivity contribution in [2.45, 2.75) is 20.1 Å². The maximum atomic E-state index is 13.0. The maximum Gasteiger partial charge on any atom is 0.255 e. The SMILES string of the molecule is CCOC(CNC(=O)c1cc(F)ccc1O)OCC. The van der Waals surface area contributed by atoms with Gasteiger partial charge >= 0.3 is 0 Å². The fourth-order valence-electron chi connectivity index (χ4n) is 1.50. The fraction of sp³-hybridized carbons (Fsp3) is 0.462. The highest BCUT2D eigenvalue weighted by molar-refractivity contribution is 5.96. The predicted molar refractivity (Wildman–Crippen MR) is 67.4 cm³/mol. The number of amides is 1. The summed E-state index contributed by atoms with van der Waals surface area (Å²) in [4.78, 5) is 11.8. The highest BCUT2D eigenvalue weighted by Crippen LogP contribution is 2.17. The lowest BCUT2D eigenvalue weighted by Gasteiger charge is -2.17. The Bertz CT molecular complexity index is 419. The second-order valence-electron chi connectivity index (χ2n) is 3.71. The summed E-state index contributed by atoms with van der Waals surface area (Å²) in [5, 5.41) is 12.0. The van der Waals surface area contributed by atoms with Crippen LogP contribution in [0.2, 0.25) is 0 Å². The molecule has 1 rings (SSSR count). The summed E-state index contributed by atoms with van der Waals surface area (Å²) in [6, 6.07) is 3.18. The van der Waals surface area contributed by atoms with Crippen LogP contribution in [0.1, 0.15) is 24.2 Å². The lowest BCUT2D eigenvalue weighted by Crippen LogP contribution is -2.35. The van der Waals surface area contributed by atoms with E-state index in [1.165, 1.54) is 0 Å². The zero-order chi connectivity index (χ0) is 14.3. The van der Waals surface area contributed by atoms with Gasteiger partial charge in [-0.25, -0.2) is 4.39 Å². The zero-order valence-electron chi connectivity index (χ0n) is 11.0. The van der Waals surface area contributed by atoms with Crippen LogP contribution in [0.25, 0.3) is 0 Å². The fourth-order valence-corrected chi connectivity index (χ4v) is 1.50. The van der Waals surface area contributed by atoms with Crippen LogP contribution in [0, 0.1) is 5.82 Å². The van der Waals surface area contributed by atoms with Gasteiger partial charge < -0.3 is 19.9 Å². The number of nitrogens with one attached hydrogen (secondary N) is 1. The smallest absolute Gasteiger partial charge is 0.255 e. The number of carbonyl (C=O) groups is 1. The molecule has 0 aliphatic rings. The number of hydrogen-bond donors (Lipinski definition) is 2. The van der Waals surface area contributed by atoms with Gasteiger partial charge in [-0.1, -0.05) is 0 Å². The van der Waals surface area contributed by atoms with Gasteiger partial charge in [0.25, 0.3) is 5.91 Å². The Morgan fingerprint density at radius 3 is 2.58 bits per heavy atom. The number of halogens is 1. The van der Waals surface area contributed by atoms with Crippen molar-refractivity contribution in [2.75, 3.05) is 19.8 Å². The number of ether oxygens (including phenoxy) is 2. The molecule has 5 nitrogen and oxygen atoms in total. The van der Waals surface area contributed by atoms with E-state index in [2.05, 4.69) is 5.32 Å². The molecular formula is C13H18FNO4. The van der Waals surface area contributed by atoms with Crippen LogP contribution in [-0.4, -0.2) is 37.1 Å². The molecule has 0 bridgehead atoms. The van der Waals surface area contributed by atoms with E-state index in [0.29, 0.717) is 13.2 Å². The summed E-state index contributed by atoms with van der Waals surface area (Å²) in [7, 11) is 0. The van der Waals surface area contributed by atoms with Gasteiger partial charge in [0.05, 0.1) is 12.1 Å². The summed E-state index contributed by atoms with van der Waals surface area (Å²) in [6.07, 6.45) is -0.561. The van der Waals surface area contributed by atoms with Crippen LogP contribution in [0.3, 0.4) is 0 Å². The van der Waals surface area contributed by atoms with Gasteiger partial charge in [-0.2, -0.15) is 0 Å². The summed E-state index contributed by atoms with van der Waals surface area (Å²) < 4.78 is 23.5. The number of carbonyl (C=O) groups excluding carboxylic acids is 1. The molecular weight excluding hydrogens is 253 g/mol. The van der Waals surface area contributed by atoms with Gasteiger partial charge in [-0.3, -0.25) is 4.79 Å². The zero-order valence-corrected chi connectivity index (χ0v) is 11.0. The lowest BCUT2D eigenvalue weighted by atomic mass is 10.2.